The first-order valence-corrected chi connectivity index (χ1v) is 30.3. The lowest BCUT2D eigenvalue weighted by molar-refractivity contribution is -0.570. The summed E-state index contributed by atoms with van der Waals surface area (Å²) < 4.78 is 240. The van der Waals surface area contributed by atoms with Gasteiger partial charge in [0.25, 0.3) is 6.33 Å². The summed E-state index contributed by atoms with van der Waals surface area (Å²) in [5.74, 6) is 1.56. The van der Waals surface area contributed by atoms with E-state index in [1.807, 2.05) is 91.0 Å². The molecule has 0 aliphatic carbocycles. The molecule has 15 aromatic rings. The van der Waals surface area contributed by atoms with Crippen LogP contribution in [0.15, 0.2) is 309 Å². The van der Waals surface area contributed by atoms with E-state index in [0.717, 1.165) is 27.4 Å². The number of nitrogens with zero attached hydrogens (tertiary/aromatic N) is 4. The molecule has 16 rings (SSSR count). The third-order valence-corrected chi connectivity index (χ3v) is 20.2. The van der Waals surface area contributed by atoms with Crippen molar-refractivity contribution in [1.29, 1.82) is 0 Å². The van der Waals surface area contributed by atoms with E-state index < -0.39 is 179 Å². The van der Waals surface area contributed by atoms with Crippen molar-refractivity contribution in [3.63, 3.8) is 0 Å². The predicted molar refractivity (Wildman–Crippen MR) is 365 cm³/mol. The lowest BCUT2D eigenvalue weighted by Gasteiger charge is -2.34. The van der Waals surface area contributed by atoms with Crippen LogP contribution in [0.3, 0.4) is 0 Å². The van der Waals surface area contributed by atoms with Gasteiger partial charge in [-0.2, -0.15) is 0 Å². The molecule has 0 unspecified atom stereocenters. The van der Waals surface area contributed by atoms with Gasteiger partial charge >= 0.3 is 0 Å². The molecule has 418 valence electrons. The molecular weight excluding hydrogens is 1090 g/mol. The number of aromatic nitrogens is 4. The molecule has 4 heterocycles. The van der Waals surface area contributed by atoms with Crippen molar-refractivity contribution in [2.24, 2.45) is 0 Å². The monoisotopic (exact) mass is 1170 g/mol. The van der Waals surface area contributed by atoms with Crippen molar-refractivity contribution < 1.29 is 42.2 Å². The lowest BCUT2D eigenvalue weighted by Crippen LogP contribution is -2.74. The van der Waals surface area contributed by atoms with Crippen molar-refractivity contribution in [3.05, 3.63) is 321 Å². The van der Waals surface area contributed by atoms with E-state index in [1.165, 1.54) is 6.07 Å². The normalized spacial score (nSPS) is 15.9. The van der Waals surface area contributed by atoms with Crippen LogP contribution < -0.4 is 30.1 Å². The fourth-order valence-corrected chi connectivity index (χ4v) is 15.8. The highest BCUT2D eigenvalue weighted by atomic mass is 28.3. The molecule has 1 aliphatic heterocycles. The number of ether oxygens (including phenoxy) is 1. The van der Waals surface area contributed by atoms with Gasteiger partial charge in [-0.15, -0.1) is 0 Å². The Labute approximate surface area is 547 Å². The van der Waals surface area contributed by atoms with E-state index in [0.29, 0.717) is 61.9 Å². The van der Waals surface area contributed by atoms with Crippen LogP contribution in [0.5, 0.6) is 11.5 Å². The van der Waals surface area contributed by atoms with E-state index in [9.17, 15) is 24.7 Å². The fraction of sp³-hybridized carbons (Fsp3) is 0.0488. The number of benzene rings is 12. The van der Waals surface area contributed by atoms with E-state index in [2.05, 4.69) is 43.8 Å². The maximum Gasteiger partial charge on any atom is 0.269 e. The second-order valence-electron chi connectivity index (χ2n) is 22.2. The van der Waals surface area contributed by atoms with Crippen molar-refractivity contribution in [2.45, 2.75) is 26.2 Å². The van der Waals surface area contributed by atoms with Gasteiger partial charge in [0.1, 0.15) is 17.3 Å². The highest BCUT2D eigenvalue weighted by molar-refractivity contribution is 7.19. The molecule has 0 spiro atoms. The number of fused-ring (bicyclic) bond motifs is 10. The molecule has 5 nitrogen and oxygen atoms in total. The quantitative estimate of drug-likeness (QED) is 0.0592. The molecule has 3 aromatic heterocycles. The van der Waals surface area contributed by atoms with E-state index >= 15 is 0 Å². The molecule has 6 heteroatoms. The summed E-state index contributed by atoms with van der Waals surface area (Å²) in [6.45, 7) is 6.42. The van der Waals surface area contributed by atoms with Gasteiger partial charge in [0.15, 0.2) is 8.07 Å². The molecule has 1 aliphatic rings. The van der Waals surface area contributed by atoms with Crippen molar-refractivity contribution in [1.82, 2.24) is 14.1 Å². The molecule has 12 aromatic carbocycles. The van der Waals surface area contributed by atoms with Crippen molar-refractivity contribution in [2.75, 3.05) is 0 Å². The maximum atomic E-state index is 11.1. The van der Waals surface area contributed by atoms with Crippen LogP contribution in [0.1, 0.15) is 59.2 Å². The molecule has 88 heavy (non-hydrogen) atoms. The molecular formula is C82H60N4OSi. The van der Waals surface area contributed by atoms with Crippen LogP contribution in [0.2, 0.25) is 0 Å². The molecule has 0 bridgehead atoms. The number of para-hydroxylation sites is 3. The fourth-order valence-electron chi connectivity index (χ4n) is 12.3. The van der Waals surface area contributed by atoms with Crippen molar-refractivity contribution >= 4 is 61.7 Å². The predicted octanol–water partition coefficient (Wildman–Crippen LogP) is 17.3. The van der Waals surface area contributed by atoms with Crippen LogP contribution in [-0.2, 0) is 5.41 Å². The Morgan fingerprint density at radius 1 is 0.443 bits per heavy atom. The van der Waals surface area contributed by atoms with Crippen LogP contribution in [0.25, 0.3) is 106 Å². The molecule has 0 atom stereocenters. The number of rotatable bonds is 10. The first kappa shape index (κ1) is 33.1. The Hall–Kier alpha value is -10.9. The highest BCUT2D eigenvalue weighted by Crippen LogP contribution is 2.47. The van der Waals surface area contributed by atoms with Crippen LogP contribution in [0, 0.1) is 6.33 Å². The summed E-state index contributed by atoms with van der Waals surface area (Å²) >= 11 is 0. The smallest absolute Gasteiger partial charge is 0.269 e. The van der Waals surface area contributed by atoms with Crippen LogP contribution >= 0.6 is 0 Å². The Morgan fingerprint density at radius 3 is 1.76 bits per heavy atom. The molecule has 0 radical (unpaired) electrons. The Kier molecular flexibility index (Phi) is 7.99. The minimum absolute atomic E-state index is 0.0235. The minimum atomic E-state index is -6.38. The Morgan fingerprint density at radius 2 is 1.02 bits per heavy atom. The van der Waals surface area contributed by atoms with Gasteiger partial charge in [-0.25, -0.2) is 4.98 Å². The Balaban J connectivity index is 1.03. The van der Waals surface area contributed by atoms with Gasteiger partial charge in [0, 0.05) is 23.0 Å². The second kappa shape index (κ2) is 21.2. The van der Waals surface area contributed by atoms with Gasteiger partial charge in [-0.3, -0.25) is 13.7 Å². The third-order valence-electron chi connectivity index (χ3n) is 16.2. The average Bonchev–Trinajstić information content (AvgIpc) is 0.950. The van der Waals surface area contributed by atoms with Gasteiger partial charge in [-0.1, -0.05) is 263 Å². The zero-order valence-electron chi connectivity index (χ0n) is 71.3. The number of imidazole rings is 1. The number of hydrogen-bond acceptors (Lipinski definition) is 2. The molecule has 0 fully saturated rings. The van der Waals surface area contributed by atoms with E-state index in [-0.39, 0.29) is 33.4 Å². The van der Waals surface area contributed by atoms with Gasteiger partial charge < -0.3 is 4.74 Å². The second-order valence-corrected chi connectivity index (χ2v) is 25.7. The highest BCUT2D eigenvalue weighted by Gasteiger charge is 2.41. The molecule has 0 N–H and O–H groups in total. The number of hydrogen-bond donors (Lipinski definition) is 0. The number of pyridine rings is 1. The first-order valence-electron chi connectivity index (χ1n) is 40.3. The van der Waals surface area contributed by atoms with Crippen molar-refractivity contribution in [3.8, 4) is 84.3 Å². The summed E-state index contributed by atoms with van der Waals surface area (Å²) in [6.07, 6.45) is 5.43. The van der Waals surface area contributed by atoms with Crippen LogP contribution in [0.4, 0.5) is 0 Å². The topological polar surface area (TPSA) is 35.9 Å². The maximum absolute atomic E-state index is 11.1. The summed E-state index contributed by atoms with van der Waals surface area (Å²) in [4.78, 5) is 4.87. The summed E-state index contributed by atoms with van der Waals surface area (Å²) in [7, 11) is -6.38. The largest absolute Gasteiger partial charge is 0.458 e. The van der Waals surface area contributed by atoms with Gasteiger partial charge in [-0.05, 0) is 142 Å². The third kappa shape index (κ3) is 8.74. The SMILES string of the molecule is [2H]c1c([2H])c([2H])c(-c2ccc3c(c2)-c2cccc(-c4c([2H])c([2H])c([2H])c([Si](c5c([2H])c([2H])c([2H])c([2H])c5[2H])(c5c([2H])c([2H])c([2H])c([2H])c5[2H])c5c([2H])c([2H])c([2H])c([2H])c5[2H])c4[2H])c2-[n+]2[c-]n(-c4cccc(Oc5ccc6c7ccccc7n(-c7cc(C(C)(C)C)ccn7)c6c5)c4)c4cccc(c42)-c2ccccc2-3)c([2H])c1[2H]. The van der Waals surface area contributed by atoms with E-state index in [4.69, 9.17) is 17.9 Å². The first-order chi connectivity index (χ1) is 53.2. The average molecular weight is 1170 g/mol. The van der Waals surface area contributed by atoms with E-state index in [1.54, 1.807) is 63.9 Å². The van der Waals surface area contributed by atoms with Gasteiger partial charge in [0.2, 0.25) is 0 Å². The summed E-state index contributed by atoms with van der Waals surface area (Å²) in [5, 5.41) is -2.07. The lowest BCUT2D eigenvalue weighted by atomic mass is 9.86. The molecule has 0 saturated heterocycles. The summed E-state index contributed by atoms with van der Waals surface area (Å²) in [6, 6.07) is 24.1. The summed E-state index contributed by atoms with van der Waals surface area (Å²) in [5.41, 5.74) is 6.03. The zero-order chi connectivity index (χ0) is 79.8. The minimum Gasteiger partial charge on any atom is -0.458 e. The molecule has 0 amide bonds. The zero-order valence-corrected chi connectivity index (χ0v) is 48.3. The molecule has 0 saturated carbocycles. The Bertz CT molecular complexity index is 6400. The standard InChI is InChI=1S/C82H60N4OSi/c1-82(2,3)59-48-49-83-79(52-59)86-76-42-19-18-38-71(76)72-47-45-62(54-78(72)86)87-61-28-21-27-60(53-61)84-55-85-80-67(58-26-20-35-66(50-58)88(63-29-10-5-11-30-63,64-31-12-6-13-32-64)65-33-14-7-15-34-65)39-22-40-74(80)75-51-57(56-24-8-4-9-25-56)44-46-70(75)68-36-16-17-37-69(68)73-41-23-43-77(84)81(73)85/h4-54H,1-3H3/i4D,5D,6D,7D,8D,9D,10D,11D,12D,13D,14D,15D,20D,24D,25D,26D,29D,30D,31D,32D,33D,34D,35D,50D. The van der Waals surface area contributed by atoms with Crippen LogP contribution in [-0.4, -0.2) is 22.2 Å². The van der Waals surface area contributed by atoms with Gasteiger partial charge in [0.05, 0.1) is 66.3 Å².